The first-order valence-corrected chi connectivity index (χ1v) is 19.4. The van der Waals surface area contributed by atoms with Crippen LogP contribution in [-0.4, -0.2) is 84.1 Å². The van der Waals surface area contributed by atoms with Crippen molar-refractivity contribution in [2.75, 3.05) is 40.4 Å². The Morgan fingerprint density at radius 2 is 1.30 bits per heavy atom. The van der Waals surface area contributed by atoms with Crippen LogP contribution in [0.15, 0.2) is 60.8 Å². The lowest BCUT2D eigenvalue weighted by Gasteiger charge is -2.33. The van der Waals surface area contributed by atoms with Crippen LogP contribution < -0.4 is 20.1 Å². The number of likely N-dealkylation sites (tertiary alicyclic amines) is 2. The molecule has 4 aromatic rings. The fourth-order valence-corrected chi connectivity index (χ4v) is 8.36. The maximum absolute atomic E-state index is 11.8. The van der Waals surface area contributed by atoms with Gasteiger partial charge in [0.15, 0.2) is 0 Å². The Hall–Kier alpha value is -4.22. The number of amides is 2. The lowest BCUT2D eigenvalue weighted by atomic mass is 9.97. The lowest BCUT2D eigenvalue weighted by molar-refractivity contribution is -0.130. The topological polar surface area (TPSA) is 109 Å². The molecular weight excluding hydrogens is 723 g/mol. The molecule has 2 aliphatic rings. The van der Waals surface area contributed by atoms with Crippen molar-refractivity contribution in [2.24, 2.45) is 0 Å². The average Bonchev–Trinajstić information content (AvgIpc) is 3.18. The first-order valence-electron chi connectivity index (χ1n) is 18.7. The minimum atomic E-state index is -0.00427. The fourth-order valence-electron chi connectivity index (χ4n) is 7.71. The predicted molar refractivity (Wildman–Crippen MR) is 215 cm³/mol. The Morgan fingerprint density at radius 3 is 1.87 bits per heavy atom. The molecule has 0 unspecified atom stereocenters. The maximum Gasteiger partial charge on any atom is 0.219 e. The summed E-state index contributed by atoms with van der Waals surface area (Å²) in [6.45, 7) is 10.5. The Bertz CT molecular complexity index is 1840. The molecule has 2 aromatic heterocycles. The summed E-state index contributed by atoms with van der Waals surface area (Å²) in [5.41, 5.74) is 6.38. The van der Waals surface area contributed by atoms with Crippen molar-refractivity contribution in [3.05, 3.63) is 82.0 Å². The van der Waals surface area contributed by atoms with Crippen LogP contribution in [0.5, 0.6) is 11.6 Å². The van der Waals surface area contributed by atoms with Gasteiger partial charge in [0.05, 0.1) is 35.7 Å². The van der Waals surface area contributed by atoms with Gasteiger partial charge in [-0.3, -0.25) is 14.6 Å². The highest BCUT2D eigenvalue weighted by molar-refractivity contribution is 6.39. The summed E-state index contributed by atoms with van der Waals surface area (Å²) in [4.78, 5) is 36.9. The number of carbonyl (C=O) groups is 2. The van der Waals surface area contributed by atoms with E-state index in [4.69, 9.17) is 37.7 Å². The number of carbonyl (C=O) groups excluding carboxylic acids is 2. The quantitative estimate of drug-likeness (QED) is 0.157. The zero-order chi connectivity index (χ0) is 38.5. The second-order valence-corrected chi connectivity index (χ2v) is 15.0. The first-order chi connectivity index (χ1) is 26.0. The molecule has 286 valence electrons. The van der Waals surface area contributed by atoms with Gasteiger partial charge < -0.3 is 29.9 Å². The minimum Gasteiger partial charge on any atom is -0.496 e. The van der Waals surface area contributed by atoms with E-state index < -0.39 is 0 Å². The van der Waals surface area contributed by atoms with E-state index >= 15 is 0 Å². The number of rotatable bonds is 11. The molecule has 0 bridgehead atoms. The molecule has 2 saturated heterocycles. The van der Waals surface area contributed by atoms with Crippen LogP contribution >= 0.6 is 23.2 Å². The SMILES string of the molecule is COc1cc(-c2nccc(-c3cccc(-c4ccc([C@H](C)NC5CCN(C(C)=O)CC5)c(OC)n4)c3Cl)c2Cl)ccc1[C@@H](C)NC1CCN(C(C)=O)CC1. The van der Waals surface area contributed by atoms with Crippen molar-refractivity contribution in [1.29, 1.82) is 0 Å². The molecule has 2 N–H and O–H groups in total. The van der Waals surface area contributed by atoms with Gasteiger partial charge in [-0.05, 0) is 63.8 Å². The first kappa shape index (κ1) is 39.5. The van der Waals surface area contributed by atoms with Crippen LogP contribution in [0.3, 0.4) is 0 Å². The number of aromatic nitrogens is 2. The highest BCUT2D eigenvalue weighted by atomic mass is 35.5. The van der Waals surface area contributed by atoms with Crippen LogP contribution in [0.1, 0.15) is 76.6 Å². The van der Waals surface area contributed by atoms with Crippen LogP contribution in [-0.2, 0) is 9.59 Å². The summed E-state index contributed by atoms with van der Waals surface area (Å²) in [5.74, 6) is 1.53. The number of pyridine rings is 2. The summed E-state index contributed by atoms with van der Waals surface area (Å²) >= 11 is 14.3. The molecule has 10 nitrogen and oxygen atoms in total. The number of methoxy groups -OCH3 is 2. The summed E-state index contributed by atoms with van der Waals surface area (Å²) in [7, 11) is 3.30. The molecule has 0 spiro atoms. The summed E-state index contributed by atoms with van der Waals surface area (Å²) in [5, 5.41) is 8.43. The largest absolute Gasteiger partial charge is 0.496 e. The molecule has 0 radical (unpaired) electrons. The van der Waals surface area contributed by atoms with E-state index in [9.17, 15) is 9.59 Å². The van der Waals surface area contributed by atoms with E-state index in [0.717, 1.165) is 91.0 Å². The molecule has 2 fully saturated rings. The molecule has 2 amide bonds. The van der Waals surface area contributed by atoms with Crippen LogP contribution in [0.25, 0.3) is 33.6 Å². The average molecular weight is 774 g/mol. The van der Waals surface area contributed by atoms with E-state index in [1.54, 1.807) is 34.3 Å². The summed E-state index contributed by atoms with van der Waals surface area (Å²) < 4.78 is 11.7. The van der Waals surface area contributed by atoms with Gasteiger partial charge in [-0.25, -0.2) is 4.98 Å². The highest BCUT2D eigenvalue weighted by Gasteiger charge is 2.26. The Morgan fingerprint density at radius 1 is 0.741 bits per heavy atom. The lowest BCUT2D eigenvalue weighted by Crippen LogP contribution is -2.44. The number of hydrogen-bond donors (Lipinski definition) is 2. The van der Waals surface area contributed by atoms with E-state index in [-0.39, 0.29) is 23.9 Å². The van der Waals surface area contributed by atoms with Gasteiger partial charge in [0.1, 0.15) is 5.75 Å². The predicted octanol–water partition coefficient (Wildman–Crippen LogP) is 8.12. The molecule has 54 heavy (non-hydrogen) atoms. The van der Waals surface area contributed by atoms with Gasteiger partial charge in [0, 0.05) is 104 Å². The second-order valence-electron chi connectivity index (χ2n) is 14.3. The van der Waals surface area contributed by atoms with Crippen molar-refractivity contribution < 1.29 is 19.1 Å². The number of benzene rings is 2. The molecule has 6 rings (SSSR count). The Kier molecular flexibility index (Phi) is 12.8. The van der Waals surface area contributed by atoms with E-state index in [2.05, 4.69) is 35.5 Å². The molecule has 12 heteroatoms. The van der Waals surface area contributed by atoms with Gasteiger partial charge in [-0.15, -0.1) is 0 Å². The number of nitrogens with zero attached hydrogens (tertiary/aromatic N) is 4. The third kappa shape index (κ3) is 8.68. The molecular formula is C42H50Cl2N6O4. The third-order valence-corrected chi connectivity index (χ3v) is 11.6. The molecule has 4 heterocycles. The molecule has 2 aromatic carbocycles. The summed E-state index contributed by atoms with van der Waals surface area (Å²) in [6, 6.07) is 18.4. The zero-order valence-electron chi connectivity index (χ0n) is 31.9. The molecule has 2 atom stereocenters. The van der Waals surface area contributed by atoms with Crippen LogP contribution in [0, 0.1) is 0 Å². The van der Waals surface area contributed by atoms with Crippen molar-refractivity contribution in [3.63, 3.8) is 0 Å². The number of halogens is 2. The smallest absolute Gasteiger partial charge is 0.219 e. The number of nitrogens with one attached hydrogen (secondary N) is 2. The van der Waals surface area contributed by atoms with Gasteiger partial charge in [-0.2, -0.15) is 0 Å². The van der Waals surface area contributed by atoms with Gasteiger partial charge in [0.2, 0.25) is 17.7 Å². The fraction of sp³-hybridized carbons (Fsp3) is 0.429. The third-order valence-electron chi connectivity index (χ3n) is 10.8. The number of ether oxygens (including phenoxy) is 2. The number of piperidine rings is 2. The maximum atomic E-state index is 11.8. The van der Waals surface area contributed by atoms with Crippen LogP contribution in [0.2, 0.25) is 10.0 Å². The molecule has 2 aliphatic heterocycles. The van der Waals surface area contributed by atoms with Gasteiger partial charge in [-0.1, -0.05) is 53.5 Å². The minimum absolute atomic E-state index is 0.00427. The molecule has 0 saturated carbocycles. The van der Waals surface area contributed by atoms with E-state index in [1.165, 1.54) is 0 Å². The standard InChI is InChI=1S/C42H50Cl2N6O4/c1-25(46-30-15-20-49(21-16-30)27(3)51)32-11-10-29(24-38(32)53-5)41-40(44)35(14-19-45-41)34-8-7-9-36(39(34)43)37-13-12-33(42(48-37)54-6)26(2)47-31-17-22-50(23-18-31)28(4)52/h7-14,19,24-26,30-31,46-47H,15-18,20-23H2,1-6H3/t25-,26+/m1/s1. The zero-order valence-corrected chi connectivity index (χ0v) is 33.4. The Labute approximate surface area is 328 Å². The Balaban J connectivity index is 1.21. The van der Waals surface area contributed by atoms with Crippen molar-refractivity contribution in [3.8, 4) is 45.3 Å². The summed E-state index contributed by atoms with van der Waals surface area (Å²) in [6.07, 6.45) is 5.37. The molecule has 0 aliphatic carbocycles. The van der Waals surface area contributed by atoms with Crippen molar-refractivity contribution in [2.45, 2.75) is 77.5 Å². The number of hydrogen-bond acceptors (Lipinski definition) is 8. The van der Waals surface area contributed by atoms with Gasteiger partial charge >= 0.3 is 0 Å². The van der Waals surface area contributed by atoms with Gasteiger partial charge in [0.25, 0.3) is 0 Å². The van der Waals surface area contributed by atoms with Crippen molar-refractivity contribution >= 4 is 35.0 Å². The monoisotopic (exact) mass is 772 g/mol. The van der Waals surface area contributed by atoms with Crippen molar-refractivity contribution in [1.82, 2.24) is 30.4 Å². The normalized spacial score (nSPS) is 16.6. The highest BCUT2D eigenvalue weighted by Crippen LogP contribution is 2.43. The van der Waals surface area contributed by atoms with E-state index in [0.29, 0.717) is 39.4 Å². The van der Waals surface area contributed by atoms with E-state index in [1.807, 2.05) is 58.3 Å². The van der Waals surface area contributed by atoms with Crippen LogP contribution in [0.4, 0.5) is 0 Å². The second kappa shape index (κ2) is 17.5.